The van der Waals surface area contributed by atoms with Crippen molar-refractivity contribution in [2.75, 3.05) is 5.32 Å². The van der Waals surface area contributed by atoms with Crippen LogP contribution in [0.3, 0.4) is 0 Å². The summed E-state index contributed by atoms with van der Waals surface area (Å²) in [6, 6.07) is 15.3. The van der Waals surface area contributed by atoms with Gasteiger partial charge in [0.25, 0.3) is 5.91 Å². The maximum atomic E-state index is 14.0. The fraction of sp³-hybridized carbons (Fsp3) is 0.174. The molecule has 2 aromatic carbocycles. The highest BCUT2D eigenvalue weighted by Gasteiger charge is 2.18. The van der Waals surface area contributed by atoms with Gasteiger partial charge >= 0.3 is 0 Å². The van der Waals surface area contributed by atoms with Gasteiger partial charge in [-0.25, -0.2) is 9.07 Å². The lowest BCUT2D eigenvalue weighted by atomic mass is 10.2. The Labute approximate surface area is 189 Å². The lowest BCUT2D eigenvalue weighted by Gasteiger charge is -2.08. The molecule has 0 spiro atoms. The molecule has 4 rings (SSSR count). The zero-order valence-electron chi connectivity index (χ0n) is 17.5. The molecule has 0 atom stereocenters. The second-order valence-corrected chi connectivity index (χ2v) is 7.60. The quantitative estimate of drug-likeness (QED) is 0.435. The normalized spacial score (nSPS) is 10.9. The largest absolute Gasteiger partial charge is 0.470 e. The number of anilines is 1. The minimum Gasteiger partial charge on any atom is -0.470 e. The number of aromatic nitrogens is 4. The lowest BCUT2D eigenvalue weighted by molar-refractivity contribution is 0.102. The second kappa shape index (κ2) is 9.23. The van der Waals surface area contributed by atoms with E-state index in [-0.39, 0.29) is 30.7 Å². The van der Waals surface area contributed by atoms with Crippen molar-refractivity contribution < 1.29 is 13.9 Å². The summed E-state index contributed by atoms with van der Waals surface area (Å²) in [5, 5.41) is 12.1. The molecule has 0 aliphatic heterocycles. The third-order valence-corrected chi connectivity index (χ3v) is 5.27. The zero-order chi connectivity index (χ0) is 22.7. The van der Waals surface area contributed by atoms with Gasteiger partial charge in [-0.1, -0.05) is 41.9 Å². The number of nitrogens with zero attached hydrogens (tertiary/aromatic N) is 4. The number of carbonyl (C=O) groups is 1. The molecule has 0 aliphatic rings. The number of amides is 1. The van der Waals surface area contributed by atoms with E-state index in [9.17, 15) is 9.18 Å². The monoisotopic (exact) mass is 453 g/mol. The van der Waals surface area contributed by atoms with Gasteiger partial charge in [0, 0.05) is 11.8 Å². The molecule has 0 saturated heterocycles. The van der Waals surface area contributed by atoms with Gasteiger partial charge in [-0.2, -0.15) is 10.2 Å². The molecule has 164 valence electrons. The van der Waals surface area contributed by atoms with Crippen molar-refractivity contribution in [3.05, 3.63) is 94.3 Å². The first-order valence-electron chi connectivity index (χ1n) is 9.92. The van der Waals surface area contributed by atoms with E-state index in [0.29, 0.717) is 27.7 Å². The second-order valence-electron chi connectivity index (χ2n) is 7.19. The predicted molar refractivity (Wildman–Crippen MR) is 119 cm³/mol. The highest BCUT2D eigenvalue weighted by molar-refractivity contribution is 6.32. The predicted octanol–water partition coefficient (Wildman–Crippen LogP) is 4.83. The summed E-state index contributed by atoms with van der Waals surface area (Å²) in [5.41, 5.74) is 2.68. The summed E-state index contributed by atoms with van der Waals surface area (Å²) in [7, 11) is 0. The van der Waals surface area contributed by atoms with E-state index in [1.54, 1.807) is 54.2 Å². The number of hydrogen-bond acceptors (Lipinski definition) is 4. The number of ether oxygens (including phenoxy) is 1. The summed E-state index contributed by atoms with van der Waals surface area (Å²) in [6.07, 6.45) is 1.65. The van der Waals surface area contributed by atoms with Crippen molar-refractivity contribution in [2.24, 2.45) is 0 Å². The molecule has 7 nitrogen and oxygen atoms in total. The van der Waals surface area contributed by atoms with Gasteiger partial charge in [0.15, 0.2) is 12.4 Å². The van der Waals surface area contributed by atoms with Gasteiger partial charge in [-0.15, -0.1) is 0 Å². The Morgan fingerprint density at radius 1 is 1.09 bits per heavy atom. The van der Waals surface area contributed by atoms with E-state index in [4.69, 9.17) is 16.3 Å². The number of rotatable bonds is 7. The third-order valence-electron chi connectivity index (χ3n) is 4.96. The molecule has 1 N–H and O–H groups in total. The van der Waals surface area contributed by atoms with E-state index in [1.807, 2.05) is 19.1 Å². The molecule has 0 aliphatic carbocycles. The van der Waals surface area contributed by atoms with Crippen LogP contribution in [0, 0.1) is 19.7 Å². The summed E-state index contributed by atoms with van der Waals surface area (Å²) < 4.78 is 22.8. The molecular formula is C23H21ClFN5O2. The molecule has 0 bridgehead atoms. The number of para-hydroxylation sites is 1. The van der Waals surface area contributed by atoms with Gasteiger partial charge in [-0.05, 0) is 38.1 Å². The Balaban J connectivity index is 1.44. The minimum absolute atomic E-state index is 0.107. The van der Waals surface area contributed by atoms with Crippen molar-refractivity contribution in [3.63, 3.8) is 0 Å². The zero-order valence-corrected chi connectivity index (χ0v) is 18.3. The van der Waals surface area contributed by atoms with E-state index in [0.717, 1.165) is 5.69 Å². The topological polar surface area (TPSA) is 74.0 Å². The van der Waals surface area contributed by atoms with Crippen LogP contribution in [-0.2, 0) is 13.3 Å². The average Bonchev–Trinajstić information content (AvgIpc) is 3.35. The smallest absolute Gasteiger partial charge is 0.276 e. The van der Waals surface area contributed by atoms with Crippen LogP contribution in [0.2, 0.25) is 5.02 Å². The Morgan fingerprint density at radius 2 is 1.84 bits per heavy atom. The molecule has 0 unspecified atom stereocenters. The van der Waals surface area contributed by atoms with Crippen LogP contribution in [-0.4, -0.2) is 25.5 Å². The highest BCUT2D eigenvalue weighted by Crippen LogP contribution is 2.24. The number of benzene rings is 2. The van der Waals surface area contributed by atoms with E-state index < -0.39 is 0 Å². The van der Waals surface area contributed by atoms with Crippen LogP contribution in [0.5, 0.6) is 5.75 Å². The van der Waals surface area contributed by atoms with Crippen LogP contribution in [0.4, 0.5) is 10.1 Å². The van der Waals surface area contributed by atoms with Crippen molar-refractivity contribution in [3.8, 4) is 5.75 Å². The standard InChI is InChI=1S/C23H21ClFN5O2/c1-15-22(16(2)30(27-15)13-17-7-3-5-9-19(17)25)26-23(31)20-11-12-29(28-20)14-32-21-10-6-4-8-18(21)24/h3-12H,13-14H2,1-2H3,(H,26,31). The Bertz CT molecular complexity index is 1270. The summed E-state index contributed by atoms with van der Waals surface area (Å²) >= 11 is 6.08. The van der Waals surface area contributed by atoms with Gasteiger partial charge < -0.3 is 10.1 Å². The van der Waals surface area contributed by atoms with Crippen LogP contribution < -0.4 is 10.1 Å². The lowest BCUT2D eigenvalue weighted by Crippen LogP contribution is -2.15. The van der Waals surface area contributed by atoms with Gasteiger partial charge in [-0.3, -0.25) is 9.48 Å². The van der Waals surface area contributed by atoms with Crippen molar-refractivity contribution >= 4 is 23.2 Å². The van der Waals surface area contributed by atoms with E-state index >= 15 is 0 Å². The first-order valence-corrected chi connectivity index (χ1v) is 10.3. The molecule has 9 heteroatoms. The molecule has 1 amide bonds. The van der Waals surface area contributed by atoms with Crippen molar-refractivity contribution in [2.45, 2.75) is 27.1 Å². The molecule has 0 fully saturated rings. The summed E-state index contributed by atoms with van der Waals surface area (Å²) in [5.74, 6) is -0.141. The highest BCUT2D eigenvalue weighted by atomic mass is 35.5. The first-order chi connectivity index (χ1) is 15.4. The minimum atomic E-state index is -0.377. The Kier molecular flexibility index (Phi) is 6.23. The number of halogens is 2. The Morgan fingerprint density at radius 3 is 2.62 bits per heavy atom. The summed E-state index contributed by atoms with van der Waals surface area (Å²) in [6.45, 7) is 3.99. The summed E-state index contributed by atoms with van der Waals surface area (Å²) in [4.78, 5) is 12.7. The van der Waals surface area contributed by atoms with Crippen LogP contribution in [0.1, 0.15) is 27.4 Å². The molecular weight excluding hydrogens is 433 g/mol. The number of aryl methyl sites for hydroxylation is 1. The maximum Gasteiger partial charge on any atom is 0.276 e. The van der Waals surface area contributed by atoms with Crippen LogP contribution in [0.15, 0.2) is 60.8 Å². The molecule has 0 radical (unpaired) electrons. The third kappa shape index (κ3) is 4.65. The maximum absolute atomic E-state index is 14.0. The van der Waals surface area contributed by atoms with Crippen molar-refractivity contribution in [1.29, 1.82) is 0 Å². The molecule has 2 heterocycles. The number of carbonyl (C=O) groups excluding carboxylic acids is 1. The number of nitrogens with one attached hydrogen (secondary N) is 1. The molecule has 4 aromatic rings. The Hall–Kier alpha value is -3.65. The fourth-order valence-corrected chi connectivity index (χ4v) is 3.44. The van der Waals surface area contributed by atoms with Gasteiger partial charge in [0.2, 0.25) is 0 Å². The van der Waals surface area contributed by atoms with Crippen LogP contribution >= 0.6 is 11.6 Å². The van der Waals surface area contributed by atoms with Gasteiger partial charge in [0.05, 0.1) is 28.6 Å². The SMILES string of the molecule is Cc1nn(Cc2ccccc2F)c(C)c1NC(=O)c1ccn(COc2ccccc2Cl)n1. The van der Waals surface area contributed by atoms with Gasteiger partial charge in [0.1, 0.15) is 11.6 Å². The average molecular weight is 454 g/mol. The first kappa shape index (κ1) is 21.6. The number of hydrogen-bond donors (Lipinski definition) is 1. The molecule has 0 saturated carbocycles. The van der Waals surface area contributed by atoms with E-state index in [1.165, 1.54) is 10.7 Å². The fourth-order valence-electron chi connectivity index (χ4n) is 3.25. The van der Waals surface area contributed by atoms with Crippen LogP contribution in [0.25, 0.3) is 0 Å². The van der Waals surface area contributed by atoms with Crippen molar-refractivity contribution in [1.82, 2.24) is 19.6 Å². The molecule has 2 aromatic heterocycles. The van der Waals surface area contributed by atoms with E-state index in [2.05, 4.69) is 15.5 Å². The molecule has 32 heavy (non-hydrogen) atoms.